The van der Waals surface area contributed by atoms with Gasteiger partial charge in [0.2, 0.25) is 5.91 Å². The van der Waals surface area contributed by atoms with Crippen molar-refractivity contribution in [2.24, 2.45) is 11.8 Å². The number of aliphatic carboxylic acids is 2. The number of nitrogens with zero attached hydrogens (tertiary/aromatic N) is 1. The van der Waals surface area contributed by atoms with E-state index in [0.717, 1.165) is 22.5 Å². The second-order valence-electron chi connectivity index (χ2n) is 10.6. The van der Waals surface area contributed by atoms with Crippen molar-refractivity contribution in [2.75, 3.05) is 27.4 Å². The molecule has 11 nitrogen and oxygen atoms in total. The molecule has 0 spiro atoms. The predicted molar refractivity (Wildman–Crippen MR) is 166 cm³/mol. The number of carboxylic acids is 2. The average Bonchev–Trinajstić information content (AvgIpc) is 3.61. The molecule has 2 N–H and O–H groups in total. The maximum absolute atomic E-state index is 15.5. The summed E-state index contributed by atoms with van der Waals surface area (Å²) in [4.78, 5) is 49.2. The molecule has 2 heterocycles. The second kappa shape index (κ2) is 15.7. The van der Waals surface area contributed by atoms with Crippen molar-refractivity contribution >= 4 is 74.6 Å². The molecule has 0 fully saturated rings. The fourth-order valence-corrected chi connectivity index (χ4v) is 5.77. The van der Waals surface area contributed by atoms with E-state index in [-0.39, 0.29) is 89.1 Å². The fourth-order valence-electron chi connectivity index (χ4n) is 4.74. The summed E-state index contributed by atoms with van der Waals surface area (Å²) >= 11 is 1.06. The number of carboxylic acid groups (broad SMARTS) is 2. The molecule has 0 unspecified atom stereocenters. The zero-order valence-corrected chi connectivity index (χ0v) is 25.6. The van der Waals surface area contributed by atoms with E-state index in [1.54, 1.807) is 23.1 Å². The third-order valence-corrected chi connectivity index (χ3v) is 8.47. The molecule has 14 heteroatoms. The SMILES string of the molecule is COc1cc2c(cc1OCCCOc1c(OC)cc3sc(C(=O)C[C@H](C)C(=O)O)cc3c1F)CN(C(=O)C[C@H](C)C(=O)O)C2.[NaH]. The van der Waals surface area contributed by atoms with E-state index in [1.165, 1.54) is 34.1 Å². The molecule has 238 valence electrons. The number of halogens is 1. The van der Waals surface area contributed by atoms with Crippen molar-refractivity contribution in [3.8, 4) is 23.0 Å². The number of ether oxygens (including phenoxy) is 4. The van der Waals surface area contributed by atoms with E-state index in [1.807, 2.05) is 0 Å². The molecule has 0 saturated heterocycles. The van der Waals surface area contributed by atoms with Crippen LogP contribution in [0.2, 0.25) is 0 Å². The van der Waals surface area contributed by atoms with Gasteiger partial charge < -0.3 is 34.1 Å². The maximum atomic E-state index is 15.5. The van der Waals surface area contributed by atoms with Gasteiger partial charge in [-0.05, 0) is 29.3 Å². The third kappa shape index (κ3) is 8.46. The summed E-state index contributed by atoms with van der Waals surface area (Å²) in [5.74, 6) is -4.03. The molecule has 2 aromatic carbocycles. The van der Waals surface area contributed by atoms with Crippen LogP contribution in [0.5, 0.6) is 23.0 Å². The van der Waals surface area contributed by atoms with Gasteiger partial charge in [0.25, 0.3) is 0 Å². The number of methoxy groups -OCH3 is 2. The molecule has 0 radical (unpaired) electrons. The molecule has 1 amide bonds. The molecule has 0 bridgehead atoms. The van der Waals surface area contributed by atoms with Crippen molar-refractivity contribution in [1.29, 1.82) is 0 Å². The Morgan fingerprint density at radius 1 is 0.867 bits per heavy atom. The van der Waals surface area contributed by atoms with Gasteiger partial charge in [-0.1, -0.05) is 13.8 Å². The number of hydrogen-bond acceptors (Lipinski definition) is 9. The van der Waals surface area contributed by atoms with Crippen LogP contribution in [0.3, 0.4) is 0 Å². The fraction of sp³-hybridized carbons (Fsp3) is 0.419. The summed E-state index contributed by atoms with van der Waals surface area (Å²) < 4.78 is 38.4. The topological polar surface area (TPSA) is 149 Å². The number of amides is 1. The molecule has 1 aliphatic rings. The molecule has 1 aromatic heterocycles. The normalized spacial score (nSPS) is 13.4. The Balaban J connectivity index is 0.00000552. The van der Waals surface area contributed by atoms with Crippen LogP contribution in [0.4, 0.5) is 4.39 Å². The third-order valence-electron chi connectivity index (χ3n) is 7.35. The van der Waals surface area contributed by atoms with Crippen molar-refractivity contribution < 1.29 is 52.7 Å². The van der Waals surface area contributed by atoms with E-state index in [2.05, 4.69) is 0 Å². The summed E-state index contributed by atoms with van der Waals surface area (Å²) in [6.45, 7) is 3.92. The van der Waals surface area contributed by atoms with Gasteiger partial charge in [0.15, 0.2) is 34.6 Å². The summed E-state index contributed by atoms with van der Waals surface area (Å²) in [6.07, 6.45) is 0.0978. The standard InChI is InChI=1S/C31H34FNO10S.Na.H/c1-16(30(36)37)8-21(34)26-12-20-25(44-26)13-24(41-4)29(28(20)32)43-7-5-6-42-23-11-19-15-33(14-18(19)10-22(23)40-3)27(35)9-17(2)31(38)39;;/h10-13,16-17H,5-9,14-15H2,1-4H3,(H,36,37)(H,38,39);;/t16-,17-;;/m0../s1. The van der Waals surface area contributed by atoms with E-state index >= 15 is 4.39 Å². The summed E-state index contributed by atoms with van der Waals surface area (Å²) in [5.41, 5.74) is 1.76. The van der Waals surface area contributed by atoms with Crippen LogP contribution in [-0.2, 0) is 27.5 Å². The van der Waals surface area contributed by atoms with Crippen LogP contribution in [0, 0.1) is 17.7 Å². The molecule has 0 aliphatic carbocycles. The quantitative estimate of drug-likeness (QED) is 0.136. The summed E-state index contributed by atoms with van der Waals surface area (Å²) in [7, 11) is 2.89. The van der Waals surface area contributed by atoms with Crippen molar-refractivity contribution in [2.45, 2.75) is 46.2 Å². The first kappa shape index (κ1) is 36.1. The van der Waals surface area contributed by atoms with Crippen molar-refractivity contribution in [3.05, 3.63) is 46.1 Å². The van der Waals surface area contributed by atoms with Gasteiger partial charge in [0.1, 0.15) is 0 Å². The Kier molecular flexibility index (Phi) is 12.6. The van der Waals surface area contributed by atoms with Crippen LogP contribution < -0.4 is 18.9 Å². The molecule has 2 atom stereocenters. The Hall–Kier alpha value is -3.39. The molecule has 1 aliphatic heterocycles. The number of fused-ring (bicyclic) bond motifs is 2. The minimum absolute atomic E-state index is 0. The molecular weight excluding hydrogens is 620 g/mol. The van der Waals surface area contributed by atoms with Gasteiger partial charge in [0.05, 0.1) is 44.1 Å². The van der Waals surface area contributed by atoms with Crippen molar-refractivity contribution in [3.63, 3.8) is 0 Å². The predicted octanol–water partition coefficient (Wildman–Crippen LogP) is 4.50. The molecule has 0 saturated carbocycles. The number of ketones is 1. The number of Topliss-reactive ketones (excluding diaryl/α,β-unsaturated/α-hetero) is 1. The van der Waals surface area contributed by atoms with Gasteiger partial charge in [-0.2, -0.15) is 0 Å². The zero-order valence-electron chi connectivity index (χ0n) is 24.8. The molecule has 45 heavy (non-hydrogen) atoms. The number of hydrogen-bond donors (Lipinski definition) is 2. The first-order valence-electron chi connectivity index (χ1n) is 13.9. The van der Waals surface area contributed by atoms with E-state index in [4.69, 9.17) is 29.2 Å². The van der Waals surface area contributed by atoms with Crippen LogP contribution in [0.1, 0.15) is 53.9 Å². The van der Waals surface area contributed by atoms with Gasteiger partial charge in [-0.15, -0.1) is 11.3 Å². The Bertz CT molecular complexity index is 1590. The molecule has 3 aromatic rings. The van der Waals surface area contributed by atoms with Crippen LogP contribution in [0.15, 0.2) is 24.3 Å². The van der Waals surface area contributed by atoms with Crippen LogP contribution in [0.25, 0.3) is 10.1 Å². The monoisotopic (exact) mass is 655 g/mol. The number of carbonyl (C=O) groups is 4. The molecular formula is C31H35FNNaO10S. The van der Waals surface area contributed by atoms with Crippen molar-refractivity contribution in [1.82, 2.24) is 4.90 Å². The van der Waals surface area contributed by atoms with Crippen LogP contribution >= 0.6 is 11.3 Å². The van der Waals surface area contributed by atoms with Gasteiger partial charge in [0, 0.05) is 48.5 Å². The Labute approximate surface area is 285 Å². The van der Waals surface area contributed by atoms with Gasteiger partial charge in [-0.3, -0.25) is 19.2 Å². The number of carbonyl (C=O) groups excluding carboxylic acids is 2. The molecule has 4 rings (SSSR count). The average molecular weight is 656 g/mol. The zero-order chi connectivity index (χ0) is 32.1. The Morgan fingerprint density at radius 3 is 2.04 bits per heavy atom. The Morgan fingerprint density at radius 2 is 1.44 bits per heavy atom. The second-order valence-corrected chi connectivity index (χ2v) is 11.7. The summed E-state index contributed by atoms with van der Waals surface area (Å²) in [5, 5.41) is 18.4. The van der Waals surface area contributed by atoms with E-state index in [9.17, 15) is 19.2 Å². The van der Waals surface area contributed by atoms with Crippen LogP contribution in [-0.4, -0.2) is 95.7 Å². The summed E-state index contributed by atoms with van der Waals surface area (Å²) in [6, 6.07) is 6.58. The number of benzene rings is 2. The van der Waals surface area contributed by atoms with Gasteiger partial charge >= 0.3 is 41.5 Å². The minimum atomic E-state index is -1.08. The first-order chi connectivity index (χ1) is 20.9. The number of thiophene rings is 1. The number of rotatable bonds is 15. The van der Waals surface area contributed by atoms with E-state index < -0.39 is 29.6 Å². The first-order valence-corrected chi connectivity index (χ1v) is 14.8. The van der Waals surface area contributed by atoms with Gasteiger partial charge in [-0.25, -0.2) is 4.39 Å². The van der Waals surface area contributed by atoms with E-state index in [0.29, 0.717) is 35.7 Å².